The van der Waals surface area contributed by atoms with Crippen LogP contribution in [0.3, 0.4) is 0 Å². The minimum atomic E-state index is -3.61. The number of sulfonamides is 1. The van der Waals surface area contributed by atoms with E-state index in [9.17, 15) is 8.42 Å². The molecule has 112 valence electrons. The summed E-state index contributed by atoms with van der Waals surface area (Å²) in [5.41, 5.74) is 0. The Morgan fingerprint density at radius 2 is 1.80 bits per heavy atom. The number of rotatable bonds is 8. The Morgan fingerprint density at radius 3 is 2.30 bits per heavy atom. The third-order valence-electron chi connectivity index (χ3n) is 2.95. The predicted octanol–water partition coefficient (Wildman–Crippen LogP) is 2.79. The fourth-order valence-corrected chi connectivity index (χ4v) is 2.44. The van der Waals surface area contributed by atoms with Crippen LogP contribution in [0.25, 0.3) is 0 Å². The van der Waals surface area contributed by atoms with Crippen molar-refractivity contribution in [1.29, 1.82) is 0 Å². The summed E-state index contributed by atoms with van der Waals surface area (Å²) in [6, 6.07) is 6.26. The van der Waals surface area contributed by atoms with E-state index in [0.29, 0.717) is 12.4 Å². The quantitative estimate of drug-likeness (QED) is 0.592. The summed E-state index contributed by atoms with van der Waals surface area (Å²) in [4.78, 5) is 2.40. The Hall–Kier alpha value is -1.56. The van der Waals surface area contributed by atoms with Crippen molar-refractivity contribution in [3.63, 3.8) is 0 Å². The zero-order valence-corrected chi connectivity index (χ0v) is 13.0. The van der Waals surface area contributed by atoms with E-state index >= 15 is 0 Å². The van der Waals surface area contributed by atoms with E-state index in [0.717, 1.165) is 12.8 Å². The summed E-state index contributed by atoms with van der Waals surface area (Å²) in [6.45, 7) is 6.51. The zero-order valence-electron chi connectivity index (χ0n) is 12.2. The molecule has 0 radical (unpaired) electrons. The van der Waals surface area contributed by atoms with Crippen molar-refractivity contribution in [1.82, 2.24) is 4.83 Å². The van der Waals surface area contributed by atoms with Crippen LogP contribution in [0, 0.1) is 5.92 Å². The highest BCUT2D eigenvalue weighted by molar-refractivity contribution is 7.89. The standard InChI is InChI=1S/C14H22N2O3S/c1-4-12(5-2)11-15-16-20(17,18)14-9-7-13(8-10-14)19-6-3/h7-12,16H,4-6H2,1-3H3/b15-11-. The zero-order chi connectivity index (χ0) is 15.0. The molecule has 0 spiro atoms. The second-order valence-electron chi connectivity index (χ2n) is 4.35. The highest BCUT2D eigenvalue weighted by atomic mass is 32.2. The number of nitrogens with zero attached hydrogens (tertiary/aromatic N) is 1. The number of hydrogen-bond acceptors (Lipinski definition) is 4. The lowest BCUT2D eigenvalue weighted by molar-refractivity contribution is 0.340. The molecule has 0 aliphatic heterocycles. The lowest BCUT2D eigenvalue weighted by Gasteiger charge is -2.07. The van der Waals surface area contributed by atoms with Crippen LogP contribution in [-0.2, 0) is 10.0 Å². The first-order valence-corrected chi connectivity index (χ1v) is 8.29. The maximum Gasteiger partial charge on any atom is 0.276 e. The second-order valence-corrected chi connectivity index (χ2v) is 6.01. The molecule has 0 aromatic heterocycles. The van der Waals surface area contributed by atoms with Crippen LogP contribution in [0.15, 0.2) is 34.3 Å². The first-order valence-electron chi connectivity index (χ1n) is 6.81. The average molecular weight is 298 g/mol. The minimum Gasteiger partial charge on any atom is -0.494 e. The van der Waals surface area contributed by atoms with Crippen molar-refractivity contribution in [3.8, 4) is 5.75 Å². The van der Waals surface area contributed by atoms with Gasteiger partial charge in [-0.2, -0.15) is 13.5 Å². The number of hydrogen-bond donors (Lipinski definition) is 1. The Morgan fingerprint density at radius 1 is 1.20 bits per heavy atom. The highest BCUT2D eigenvalue weighted by Gasteiger charge is 2.12. The largest absolute Gasteiger partial charge is 0.494 e. The Kier molecular flexibility index (Phi) is 6.51. The maximum atomic E-state index is 12.0. The number of nitrogens with one attached hydrogen (secondary N) is 1. The van der Waals surface area contributed by atoms with Crippen molar-refractivity contribution >= 4 is 16.2 Å². The Bertz CT molecular complexity index is 520. The Balaban J connectivity index is 2.73. The number of ether oxygens (including phenoxy) is 1. The van der Waals surface area contributed by atoms with Gasteiger partial charge in [-0.25, -0.2) is 4.83 Å². The summed E-state index contributed by atoms with van der Waals surface area (Å²) >= 11 is 0. The van der Waals surface area contributed by atoms with Crippen LogP contribution in [0.2, 0.25) is 0 Å². The molecule has 0 saturated carbocycles. The van der Waals surface area contributed by atoms with E-state index < -0.39 is 10.0 Å². The van der Waals surface area contributed by atoms with Gasteiger partial charge in [0.05, 0.1) is 11.5 Å². The monoisotopic (exact) mass is 298 g/mol. The molecule has 0 saturated heterocycles. The van der Waals surface area contributed by atoms with E-state index in [4.69, 9.17) is 4.74 Å². The van der Waals surface area contributed by atoms with Gasteiger partial charge in [0.15, 0.2) is 0 Å². The average Bonchev–Trinajstić information content (AvgIpc) is 2.44. The third-order valence-corrected chi connectivity index (χ3v) is 4.19. The lowest BCUT2D eigenvalue weighted by Crippen LogP contribution is -2.19. The van der Waals surface area contributed by atoms with Gasteiger partial charge in [-0.1, -0.05) is 13.8 Å². The highest BCUT2D eigenvalue weighted by Crippen LogP contribution is 2.15. The molecule has 1 rings (SSSR count). The summed E-state index contributed by atoms with van der Waals surface area (Å²) in [7, 11) is -3.61. The molecule has 0 aliphatic rings. The van der Waals surface area contributed by atoms with Crippen molar-refractivity contribution in [2.75, 3.05) is 6.61 Å². The van der Waals surface area contributed by atoms with Gasteiger partial charge >= 0.3 is 0 Å². The van der Waals surface area contributed by atoms with Crippen LogP contribution in [0.4, 0.5) is 0 Å². The van der Waals surface area contributed by atoms with Gasteiger partial charge in [-0.05, 0) is 49.9 Å². The number of benzene rings is 1. The van der Waals surface area contributed by atoms with E-state index in [1.807, 2.05) is 20.8 Å². The smallest absolute Gasteiger partial charge is 0.276 e. The summed E-state index contributed by atoms with van der Waals surface area (Å²) in [5, 5.41) is 3.83. The van der Waals surface area contributed by atoms with E-state index in [-0.39, 0.29) is 10.8 Å². The van der Waals surface area contributed by atoms with Crippen LogP contribution in [0.1, 0.15) is 33.6 Å². The van der Waals surface area contributed by atoms with Gasteiger partial charge in [0.1, 0.15) is 5.75 Å². The molecule has 0 amide bonds. The van der Waals surface area contributed by atoms with E-state index in [1.54, 1.807) is 18.3 Å². The molecule has 0 atom stereocenters. The Labute approximate surface area is 121 Å². The fourth-order valence-electron chi connectivity index (χ4n) is 1.64. The van der Waals surface area contributed by atoms with Crippen molar-refractivity contribution in [2.24, 2.45) is 11.0 Å². The van der Waals surface area contributed by atoms with Gasteiger partial charge in [0.25, 0.3) is 10.0 Å². The van der Waals surface area contributed by atoms with Gasteiger partial charge in [-0.3, -0.25) is 0 Å². The molecule has 0 bridgehead atoms. The molecule has 1 aromatic rings. The molecule has 1 aromatic carbocycles. The van der Waals surface area contributed by atoms with Gasteiger partial charge in [0.2, 0.25) is 0 Å². The molecule has 0 aliphatic carbocycles. The normalized spacial score (nSPS) is 12.0. The maximum absolute atomic E-state index is 12.0. The first kappa shape index (κ1) is 16.5. The van der Waals surface area contributed by atoms with Crippen LogP contribution in [-0.4, -0.2) is 21.2 Å². The fraction of sp³-hybridized carbons (Fsp3) is 0.500. The first-order chi connectivity index (χ1) is 9.53. The van der Waals surface area contributed by atoms with Gasteiger partial charge < -0.3 is 4.74 Å². The molecule has 6 heteroatoms. The van der Waals surface area contributed by atoms with Crippen LogP contribution < -0.4 is 9.57 Å². The van der Waals surface area contributed by atoms with Crippen LogP contribution >= 0.6 is 0 Å². The summed E-state index contributed by atoms with van der Waals surface area (Å²) in [5.74, 6) is 0.935. The van der Waals surface area contributed by atoms with Crippen LogP contribution in [0.5, 0.6) is 5.75 Å². The molecule has 1 N–H and O–H groups in total. The topological polar surface area (TPSA) is 67.8 Å². The molecular weight excluding hydrogens is 276 g/mol. The molecule has 20 heavy (non-hydrogen) atoms. The molecule has 5 nitrogen and oxygen atoms in total. The number of hydrazone groups is 1. The molecule has 0 unspecified atom stereocenters. The molecule has 0 heterocycles. The van der Waals surface area contributed by atoms with Crippen molar-refractivity contribution in [2.45, 2.75) is 38.5 Å². The third kappa shape index (κ3) is 4.85. The predicted molar refractivity (Wildman–Crippen MR) is 80.5 cm³/mol. The summed E-state index contributed by atoms with van der Waals surface area (Å²) in [6.07, 6.45) is 3.52. The molecule has 0 fully saturated rings. The minimum absolute atomic E-state index is 0.169. The van der Waals surface area contributed by atoms with Gasteiger partial charge in [0, 0.05) is 6.21 Å². The second kappa shape index (κ2) is 7.89. The SMILES string of the molecule is CCOc1ccc(S(=O)(=O)N/N=C\C(CC)CC)cc1. The van der Waals surface area contributed by atoms with Gasteiger partial charge in [-0.15, -0.1) is 0 Å². The van der Waals surface area contributed by atoms with Crippen molar-refractivity contribution < 1.29 is 13.2 Å². The summed E-state index contributed by atoms with van der Waals surface area (Å²) < 4.78 is 29.3. The van der Waals surface area contributed by atoms with E-state index in [2.05, 4.69) is 9.93 Å². The molecular formula is C14H22N2O3S. The van der Waals surface area contributed by atoms with E-state index in [1.165, 1.54) is 12.1 Å². The lowest BCUT2D eigenvalue weighted by atomic mass is 10.1. The van der Waals surface area contributed by atoms with Crippen molar-refractivity contribution in [3.05, 3.63) is 24.3 Å².